The van der Waals surface area contributed by atoms with Crippen molar-refractivity contribution >= 4 is 22.6 Å². The third-order valence-electron chi connectivity index (χ3n) is 8.46. The van der Waals surface area contributed by atoms with E-state index < -0.39 is 11.9 Å². The average molecular weight is 526 g/mol. The summed E-state index contributed by atoms with van der Waals surface area (Å²) in [5.41, 5.74) is 4.81. The van der Waals surface area contributed by atoms with Gasteiger partial charge < -0.3 is 19.7 Å². The van der Waals surface area contributed by atoms with E-state index in [1.54, 1.807) is 25.3 Å². The number of likely N-dealkylation sites (tertiary alicyclic amines) is 1. The number of nitrogens with zero attached hydrogens (tertiary/aromatic N) is 2. The van der Waals surface area contributed by atoms with Crippen LogP contribution in [0, 0.1) is 12.3 Å². The van der Waals surface area contributed by atoms with Gasteiger partial charge in [-0.25, -0.2) is 13.6 Å². The Morgan fingerprint density at radius 1 is 1.08 bits per heavy atom. The first-order chi connectivity index (χ1) is 18.2. The predicted molar refractivity (Wildman–Crippen MR) is 146 cm³/mol. The van der Waals surface area contributed by atoms with E-state index in [0.29, 0.717) is 5.56 Å². The summed E-state index contributed by atoms with van der Waals surface area (Å²) in [5, 5.41) is 10.0. The lowest BCUT2D eigenvalue weighted by atomic mass is 9.61. The first-order valence-electron chi connectivity index (χ1n) is 13.5. The number of ether oxygens (including phenoxy) is 1. The molecule has 1 spiro atoms. The molecule has 2 aliphatic heterocycles. The van der Waals surface area contributed by atoms with Crippen LogP contribution in [-0.2, 0) is 6.54 Å². The molecule has 1 aromatic heterocycles. The fraction of sp³-hybridized carbons (Fsp3) is 0.500. The molecule has 0 bridgehead atoms. The van der Waals surface area contributed by atoms with Crippen molar-refractivity contribution in [1.29, 1.82) is 0 Å². The van der Waals surface area contributed by atoms with Gasteiger partial charge >= 0.3 is 5.97 Å². The maximum atomic E-state index is 13.3. The van der Waals surface area contributed by atoms with Gasteiger partial charge in [-0.15, -0.1) is 0 Å². The van der Waals surface area contributed by atoms with Gasteiger partial charge in [-0.2, -0.15) is 0 Å². The van der Waals surface area contributed by atoms with Gasteiger partial charge in [0.15, 0.2) is 0 Å². The Hall–Kier alpha value is -3.13. The second-order valence-corrected chi connectivity index (χ2v) is 11.2. The van der Waals surface area contributed by atoms with Crippen LogP contribution in [0.1, 0.15) is 60.0 Å². The van der Waals surface area contributed by atoms with Gasteiger partial charge in [-0.1, -0.05) is 6.07 Å². The highest BCUT2D eigenvalue weighted by atomic mass is 19.3. The summed E-state index contributed by atoms with van der Waals surface area (Å²) in [7, 11) is 1.71. The summed E-state index contributed by atoms with van der Waals surface area (Å²) in [5.74, 6) is -2.36. The summed E-state index contributed by atoms with van der Waals surface area (Å²) in [4.78, 5) is 18.7. The van der Waals surface area contributed by atoms with E-state index in [0.717, 1.165) is 62.5 Å². The number of hydrogen-bond donors (Lipinski definition) is 2. The highest BCUT2D eigenvalue weighted by Crippen LogP contribution is 2.57. The number of alkyl halides is 2. The molecule has 0 amide bonds. The summed E-state index contributed by atoms with van der Waals surface area (Å²) < 4.78 is 32.1. The summed E-state index contributed by atoms with van der Waals surface area (Å²) >= 11 is 0. The molecule has 2 N–H and O–H groups in total. The Kier molecular flexibility index (Phi) is 7.36. The van der Waals surface area contributed by atoms with Gasteiger partial charge in [0.05, 0.1) is 12.7 Å². The van der Waals surface area contributed by atoms with Crippen molar-refractivity contribution in [2.45, 2.75) is 57.9 Å². The number of aryl methyl sites for hydroxylation is 1. The number of fused-ring (bicyclic) bond motifs is 1. The van der Waals surface area contributed by atoms with E-state index in [9.17, 15) is 13.6 Å². The molecule has 0 radical (unpaired) electrons. The van der Waals surface area contributed by atoms with Crippen molar-refractivity contribution in [1.82, 2.24) is 9.88 Å². The standard InChI is InChI=1S/C19H24F2N2O.C11H13NO2/c1-13-9-16(24-2)15(14-3-6-22-17(13)14)10-23-7-4-18(5-8-23)11-19(20,21)12-18;13-11(14)9-4-3-5-10(8-9)12-6-1-2-7-12/h3,6,9,22H,4-5,7-8,10-12H2,1-2H3;3-5,8H,1-2,6-7H2,(H,13,14). The fourth-order valence-corrected chi connectivity index (χ4v) is 6.40. The smallest absolute Gasteiger partial charge is 0.335 e. The molecular formula is C30H37F2N3O3. The Balaban J connectivity index is 0.000000179. The van der Waals surface area contributed by atoms with Crippen LogP contribution >= 0.6 is 0 Å². The summed E-state index contributed by atoms with van der Waals surface area (Å²) in [6.45, 7) is 6.75. The van der Waals surface area contributed by atoms with Gasteiger partial charge in [0.25, 0.3) is 0 Å². The van der Waals surface area contributed by atoms with Crippen molar-refractivity contribution < 1.29 is 23.4 Å². The quantitative estimate of drug-likeness (QED) is 0.399. The number of anilines is 1. The molecule has 6 rings (SSSR count). The highest BCUT2D eigenvalue weighted by Gasteiger charge is 2.56. The normalized spacial score (nSPS) is 20.2. The first-order valence-corrected chi connectivity index (χ1v) is 13.5. The highest BCUT2D eigenvalue weighted by molar-refractivity contribution is 5.89. The number of aromatic nitrogens is 1. The van der Waals surface area contributed by atoms with E-state index in [1.807, 2.05) is 12.3 Å². The van der Waals surface area contributed by atoms with E-state index in [4.69, 9.17) is 9.84 Å². The lowest BCUT2D eigenvalue weighted by molar-refractivity contribution is -0.178. The van der Waals surface area contributed by atoms with Gasteiger partial charge in [0.1, 0.15) is 5.75 Å². The van der Waals surface area contributed by atoms with Crippen LogP contribution in [0.15, 0.2) is 42.6 Å². The van der Waals surface area contributed by atoms with E-state index in [2.05, 4.69) is 33.8 Å². The van der Waals surface area contributed by atoms with Crippen molar-refractivity contribution in [2.24, 2.45) is 5.41 Å². The number of aromatic carboxylic acids is 1. The number of carbonyl (C=O) groups is 1. The number of nitrogens with one attached hydrogen (secondary N) is 1. The zero-order valence-electron chi connectivity index (χ0n) is 22.2. The van der Waals surface area contributed by atoms with E-state index in [1.165, 1.54) is 29.4 Å². The minimum atomic E-state index is -2.42. The predicted octanol–water partition coefficient (Wildman–Crippen LogP) is 6.48. The number of halogens is 2. The monoisotopic (exact) mass is 525 g/mol. The number of aromatic amines is 1. The number of rotatable bonds is 5. The van der Waals surface area contributed by atoms with Crippen molar-refractivity contribution in [3.63, 3.8) is 0 Å². The van der Waals surface area contributed by atoms with Crippen LogP contribution in [-0.4, -0.2) is 60.2 Å². The molecule has 0 unspecified atom stereocenters. The number of carboxylic acids is 1. The molecule has 2 aromatic carbocycles. The van der Waals surface area contributed by atoms with Crippen LogP contribution in [0.25, 0.3) is 10.9 Å². The molecule has 2 saturated heterocycles. The maximum absolute atomic E-state index is 13.3. The average Bonchev–Trinajstić information content (AvgIpc) is 3.59. The molecule has 3 heterocycles. The van der Waals surface area contributed by atoms with Crippen molar-refractivity contribution in [2.75, 3.05) is 38.2 Å². The first kappa shape index (κ1) is 26.5. The second kappa shape index (κ2) is 10.6. The fourth-order valence-electron chi connectivity index (χ4n) is 6.40. The molecule has 3 aromatic rings. The van der Waals surface area contributed by atoms with Gasteiger partial charge in [-0.05, 0) is 87.0 Å². The van der Waals surface area contributed by atoms with Crippen LogP contribution in [0.4, 0.5) is 14.5 Å². The molecule has 3 fully saturated rings. The third-order valence-corrected chi connectivity index (χ3v) is 8.46. The third kappa shape index (κ3) is 5.51. The summed E-state index contributed by atoms with van der Waals surface area (Å²) in [6.07, 6.45) is 6.31. The molecular weight excluding hydrogens is 488 g/mol. The number of piperidine rings is 1. The second-order valence-electron chi connectivity index (χ2n) is 11.2. The summed E-state index contributed by atoms with van der Waals surface area (Å²) in [6, 6.07) is 11.3. The largest absolute Gasteiger partial charge is 0.496 e. The Labute approximate surface area is 222 Å². The Morgan fingerprint density at radius 2 is 1.79 bits per heavy atom. The molecule has 38 heavy (non-hydrogen) atoms. The van der Waals surface area contributed by atoms with Crippen LogP contribution in [0.2, 0.25) is 0 Å². The lowest BCUT2D eigenvalue weighted by Crippen LogP contribution is -2.52. The molecule has 8 heteroatoms. The zero-order valence-corrected chi connectivity index (χ0v) is 22.2. The SMILES string of the molecule is COc1cc(C)c2[nH]ccc2c1CN1CCC2(CC1)CC(F)(F)C2.O=C(O)c1cccc(N2CCCC2)c1. The molecule has 1 saturated carbocycles. The van der Waals surface area contributed by atoms with Gasteiger partial charge in [0.2, 0.25) is 5.92 Å². The molecule has 204 valence electrons. The van der Waals surface area contributed by atoms with Crippen molar-refractivity contribution in [3.05, 3.63) is 59.3 Å². The minimum Gasteiger partial charge on any atom is -0.496 e. The Morgan fingerprint density at radius 3 is 2.42 bits per heavy atom. The minimum absolute atomic E-state index is 0.0871. The van der Waals surface area contributed by atoms with Gasteiger partial charge in [0, 0.05) is 60.8 Å². The molecule has 0 atom stereocenters. The molecule has 3 aliphatic rings. The van der Waals surface area contributed by atoms with E-state index in [-0.39, 0.29) is 18.3 Å². The number of hydrogen-bond acceptors (Lipinski definition) is 4. The lowest BCUT2D eigenvalue weighted by Gasteiger charge is -2.51. The van der Waals surface area contributed by atoms with Crippen LogP contribution < -0.4 is 9.64 Å². The Bertz CT molecular complexity index is 1280. The number of benzene rings is 2. The number of carboxylic acid groups (broad SMARTS) is 1. The molecule has 6 nitrogen and oxygen atoms in total. The van der Waals surface area contributed by atoms with Gasteiger partial charge in [-0.3, -0.25) is 4.90 Å². The van der Waals surface area contributed by atoms with Crippen LogP contribution in [0.3, 0.4) is 0 Å². The number of methoxy groups -OCH3 is 1. The molecule has 1 aliphatic carbocycles. The van der Waals surface area contributed by atoms with Crippen molar-refractivity contribution in [3.8, 4) is 5.75 Å². The maximum Gasteiger partial charge on any atom is 0.335 e. The topological polar surface area (TPSA) is 68.8 Å². The van der Waals surface area contributed by atoms with E-state index >= 15 is 0 Å². The number of H-pyrrole nitrogens is 1. The zero-order chi connectivity index (χ0) is 26.9. The van der Waals surface area contributed by atoms with Crippen LogP contribution in [0.5, 0.6) is 5.75 Å².